The Labute approximate surface area is 174 Å². The van der Waals surface area contributed by atoms with Gasteiger partial charge in [-0.25, -0.2) is 0 Å². The van der Waals surface area contributed by atoms with Crippen LogP contribution in [0.4, 0.5) is 0 Å². The molecule has 0 radical (unpaired) electrons. The third-order valence-corrected chi connectivity index (χ3v) is 6.59. The molecule has 0 bridgehead atoms. The molecule has 1 saturated carbocycles. The molecule has 5 rings (SSSR count). The Morgan fingerprint density at radius 3 is 2.66 bits per heavy atom. The van der Waals surface area contributed by atoms with Crippen molar-refractivity contribution in [3.05, 3.63) is 47.9 Å². The average Bonchev–Trinajstić information content (AvgIpc) is 3.36. The lowest BCUT2D eigenvalue weighted by atomic mass is 10.1. The number of hydrogen-bond acceptors (Lipinski definition) is 7. The highest BCUT2D eigenvalue weighted by Crippen LogP contribution is 2.40. The quantitative estimate of drug-likeness (QED) is 0.536. The van der Waals surface area contributed by atoms with Crippen LogP contribution in [0.3, 0.4) is 0 Å². The molecule has 2 aromatic heterocycles. The van der Waals surface area contributed by atoms with Crippen molar-refractivity contribution >= 4 is 11.8 Å². The molecule has 1 atom stereocenters. The van der Waals surface area contributed by atoms with Gasteiger partial charge in [-0.3, -0.25) is 9.47 Å². The second kappa shape index (κ2) is 8.28. The van der Waals surface area contributed by atoms with Crippen LogP contribution < -0.4 is 0 Å². The first-order valence-corrected chi connectivity index (χ1v) is 11.4. The summed E-state index contributed by atoms with van der Waals surface area (Å²) in [6.07, 6.45) is 6.19. The van der Waals surface area contributed by atoms with E-state index >= 15 is 0 Å². The summed E-state index contributed by atoms with van der Waals surface area (Å²) in [5.41, 5.74) is 1.09. The van der Waals surface area contributed by atoms with Crippen molar-refractivity contribution in [2.45, 2.75) is 61.9 Å². The Morgan fingerprint density at radius 2 is 1.90 bits per heavy atom. The number of piperidine rings is 1. The number of thioether (sulfide) groups is 1. The van der Waals surface area contributed by atoms with E-state index in [1.807, 2.05) is 6.07 Å². The van der Waals surface area contributed by atoms with Gasteiger partial charge in [0.1, 0.15) is 0 Å². The molecule has 152 valence electrons. The molecule has 1 unspecified atom stereocenters. The number of nitrogens with zero attached hydrogens (tertiary/aromatic N) is 6. The minimum Gasteiger partial charge on any atom is -0.338 e. The second-order valence-corrected chi connectivity index (χ2v) is 9.24. The molecule has 1 saturated heterocycles. The molecule has 0 spiro atoms. The van der Waals surface area contributed by atoms with E-state index in [1.165, 1.54) is 32.1 Å². The van der Waals surface area contributed by atoms with Crippen LogP contribution in [0.2, 0.25) is 0 Å². The molecule has 1 aliphatic carbocycles. The summed E-state index contributed by atoms with van der Waals surface area (Å²) in [5.74, 6) is 2.99. The van der Waals surface area contributed by atoms with Gasteiger partial charge in [-0.1, -0.05) is 41.5 Å². The van der Waals surface area contributed by atoms with Crippen molar-refractivity contribution < 1.29 is 4.52 Å². The van der Waals surface area contributed by atoms with Gasteiger partial charge in [-0.2, -0.15) is 4.98 Å². The second-order valence-electron chi connectivity index (χ2n) is 7.93. The topological polar surface area (TPSA) is 72.9 Å². The third kappa shape index (κ3) is 4.23. The molecule has 1 aromatic carbocycles. The van der Waals surface area contributed by atoms with E-state index in [-0.39, 0.29) is 5.25 Å². The largest absolute Gasteiger partial charge is 0.338 e. The van der Waals surface area contributed by atoms with Crippen LogP contribution in [0.25, 0.3) is 5.69 Å². The van der Waals surface area contributed by atoms with E-state index in [0.717, 1.165) is 42.1 Å². The van der Waals surface area contributed by atoms with Crippen LogP contribution in [0.15, 0.2) is 40.0 Å². The normalized spacial score (nSPS) is 18.8. The van der Waals surface area contributed by atoms with Gasteiger partial charge in [0.15, 0.2) is 16.8 Å². The molecule has 2 aliphatic rings. The average molecular weight is 411 g/mol. The molecule has 3 heterocycles. The fraction of sp³-hybridized carbons (Fsp3) is 0.524. The lowest BCUT2D eigenvalue weighted by Gasteiger charge is -2.26. The zero-order valence-electron chi connectivity index (χ0n) is 16.7. The highest BCUT2D eigenvalue weighted by Gasteiger charge is 2.30. The Morgan fingerprint density at radius 1 is 1.10 bits per heavy atom. The highest BCUT2D eigenvalue weighted by atomic mass is 32.2. The van der Waals surface area contributed by atoms with Crippen LogP contribution >= 0.6 is 11.8 Å². The van der Waals surface area contributed by atoms with E-state index in [4.69, 9.17) is 4.52 Å². The molecule has 8 heteroatoms. The van der Waals surface area contributed by atoms with Crippen LogP contribution in [0, 0.1) is 0 Å². The Bertz CT molecular complexity index is 945. The van der Waals surface area contributed by atoms with Gasteiger partial charge in [-0.15, -0.1) is 10.2 Å². The molecule has 7 nitrogen and oxygen atoms in total. The van der Waals surface area contributed by atoms with E-state index in [0.29, 0.717) is 11.8 Å². The summed E-state index contributed by atoms with van der Waals surface area (Å²) in [6.45, 7) is 5.17. The van der Waals surface area contributed by atoms with Crippen molar-refractivity contribution in [2.24, 2.45) is 0 Å². The van der Waals surface area contributed by atoms with Crippen molar-refractivity contribution in [3.63, 3.8) is 0 Å². The first-order chi connectivity index (χ1) is 14.3. The SMILES string of the molecule is CC(Sc1nnc(CN2CCCCC2)n1-c1ccccc1)c1nc(C2CC2)no1. The van der Waals surface area contributed by atoms with E-state index in [1.54, 1.807) is 11.8 Å². The fourth-order valence-electron chi connectivity index (χ4n) is 3.76. The number of para-hydroxylation sites is 1. The Hall–Kier alpha value is -2.19. The predicted octanol–water partition coefficient (Wildman–Crippen LogP) is 4.37. The van der Waals surface area contributed by atoms with Crippen molar-refractivity contribution in [1.29, 1.82) is 0 Å². The first-order valence-electron chi connectivity index (χ1n) is 10.5. The standard InChI is InChI=1S/C21H26N6OS/c1-15(20-22-19(25-28-20)16-10-11-16)29-21-24-23-18(14-26-12-6-3-7-13-26)27(21)17-8-4-2-5-9-17/h2,4-5,8-9,15-16H,3,6-7,10-14H2,1H3. The summed E-state index contributed by atoms with van der Waals surface area (Å²) in [4.78, 5) is 7.08. The molecular formula is C21H26N6OS. The van der Waals surface area contributed by atoms with Gasteiger partial charge in [-0.05, 0) is 57.8 Å². The summed E-state index contributed by atoms with van der Waals surface area (Å²) in [5, 5.41) is 14.1. The summed E-state index contributed by atoms with van der Waals surface area (Å²) in [7, 11) is 0. The molecule has 29 heavy (non-hydrogen) atoms. The van der Waals surface area contributed by atoms with Crippen LogP contribution in [0.5, 0.6) is 0 Å². The molecule has 0 N–H and O–H groups in total. The van der Waals surface area contributed by atoms with Gasteiger partial charge in [0.25, 0.3) is 0 Å². The van der Waals surface area contributed by atoms with E-state index < -0.39 is 0 Å². The Kier molecular flexibility index (Phi) is 5.37. The molecule has 1 aliphatic heterocycles. The lowest BCUT2D eigenvalue weighted by Crippen LogP contribution is -2.30. The predicted molar refractivity (Wildman–Crippen MR) is 111 cm³/mol. The zero-order valence-corrected chi connectivity index (χ0v) is 17.5. The minimum atomic E-state index is 0.0181. The maximum atomic E-state index is 5.53. The zero-order chi connectivity index (χ0) is 19.6. The maximum absolute atomic E-state index is 5.53. The molecule has 2 fully saturated rings. The highest BCUT2D eigenvalue weighted by molar-refractivity contribution is 7.99. The maximum Gasteiger partial charge on any atom is 0.239 e. The van der Waals surface area contributed by atoms with Crippen molar-refractivity contribution in [3.8, 4) is 5.69 Å². The summed E-state index contributed by atoms with van der Waals surface area (Å²) in [6, 6.07) is 10.4. The number of rotatable bonds is 7. The monoisotopic (exact) mass is 410 g/mol. The van der Waals surface area contributed by atoms with Gasteiger partial charge in [0, 0.05) is 11.6 Å². The number of benzene rings is 1. The van der Waals surface area contributed by atoms with E-state index in [2.05, 4.69) is 61.0 Å². The summed E-state index contributed by atoms with van der Waals surface area (Å²) >= 11 is 1.62. The number of aromatic nitrogens is 5. The number of hydrogen-bond donors (Lipinski definition) is 0. The van der Waals surface area contributed by atoms with Crippen molar-refractivity contribution in [2.75, 3.05) is 13.1 Å². The van der Waals surface area contributed by atoms with Crippen LogP contribution in [-0.4, -0.2) is 42.9 Å². The first kappa shape index (κ1) is 18.8. The van der Waals surface area contributed by atoms with Crippen LogP contribution in [-0.2, 0) is 6.54 Å². The minimum absolute atomic E-state index is 0.0181. The molecule has 0 amide bonds. The smallest absolute Gasteiger partial charge is 0.239 e. The van der Waals surface area contributed by atoms with Gasteiger partial charge < -0.3 is 4.52 Å². The Balaban J connectivity index is 1.40. The fourth-order valence-corrected chi connectivity index (χ4v) is 4.68. The van der Waals surface area contributed by atoms with Gasteiger partial charge >= 0.3 is 0 Å². The van der Waals surface area contributed by atoms with E-state index in [9.17, 15) is 0 Å². The van der Waals surface area contributed by atoms with Gasteiger partial charge in [0.2, 0.25) is 5.89 Å². The number of likely N-dealkylation sites (tertiary alicyclic amines) is 1. The summed E-state index contributed by atoms with van der Waals surface area (Å²) < 4.78 is 7.70. The molecular weight excluding hydrogens is 384 g/mol. The van der Waals surface area contributed by atoms with Crippen molar-refractivity contribution in [1.82, 2.24) is 29.8 Å². The van der Waals surface area contributed by atoms with Gasteiger partial charge in [0.05, 0.1) is 11.8 Å². The van der Waals surface area contributed by atoms with Crippen LogP contribution in [0.1, 0.15) is 67.7 Å². The third-order valence-electron chi connectivity index (χ3n) is 5.56. The molecule has 3 aromatic rings. The lowest BCUT2D eigenvalue weighted by molar-refractivity contribution is 0.214.